The molecule has 2 nitrogen and oxygen atoms in total. The van der Waals surface area contributed by atoms with Crippen LogP contribution in [0.5, 0.6) is 0 Å². The molecule has 0 amide bonds. The van der Waals surface area contributed by atoms with Crippen LogP contribution in [0.25, 0.3) is 0 Å². The molecule has 76 valence electrons. The molecule has 3 heteroatoms. The molecule has 0 saturated heterocycles. The summed E-state index contributed by atoms with van der Waals surface area (Å²) in [5.74, 6) is 2.31. The summed E-state index contributed by atoms with van der Waals surface area (Å²) in [7, 11) is 0. The molecular formula is C10H19ClN2. The Hall–Kier alpha value is -0.240. The molecular weight excluding hydrogens is 184 g/mol. The molecule has 0 aromatic carbocycles. The van der Waals surface area contributed by atoms with Gasteiger partial charge in [-0.2, -0.15) is 0 Å². The van der Waals surface area contributed by atoms with Gasteiger partial charge in [0.2, 0.25) is 0 Å². The van der Waals surface area contributed by atoms with Crippen molar-refractivity contribution in [2.75, 3.05) is 0 Å². The average molecular weight is 203 g/mol. The predicted octanol–water partition coefficient (Wildman–Crippen LogP) is 2.22. The maximum absolute atomic E-state index is 5.80. The molecule has 0 radical (unpaired) electrons. The van der Waals surface area contributed by atoms with Crippen molar-refractivity contribution < 1.29 is 0 Å². The molecule has 0 aromatic heterocycles. The third-order valence-corrected chi connectivity index (χ3v) is 4.08. The predicted molar refractivity (Wildman–Crippen MR) is 58.3 cm³/mol. The summed E-state index contributed by atoms with van der Waals surface area (Å²) in [5, 5.41) is 0. The minimum atomic E-state index is 0. The standard InChI is InChI=1S/C10H18N2.ClH/c1-6-5-7(11)12-10(4)8(6)9(10,2)3;/h6,8H,5H2,1-4H3,(H2,11,12);1H/t6?,8-,10+;/m1./s1. The van der Waals surface area contributed by atoms with Gasteiger partial charge in [-0.1, -0.05) is 20.8 Å². The van der Waals surface area contributed by atoms with Crippen molar-refractivity contribution in [3.8, 4) is 0 Å². The second-order valence-corrected chi connectivity index (χ2v) is 5.13. The Kier molecular flexibility index (Phi) is 2.19. The Morgan fingerprint density at radius 2 is 1.92 bits per heavy atom. The zero-order valence-electron chi connectivity index (χ0n) is 8.79. The Labute approximate surface area is 86.4 Å². The fourth-order valence-corrected chi connectivity index (χ4v) is 3.27. The summed E-state index contributed by atoms with van der Waals surface area (Å²) in [6.07, 6.45) is 0.990. The van der Waals surface area contributed by atoms with E-state index in [2.05, 4.69) is 32.7 Å². The maximum Gasteiger partial charge on any atom is 0.0947 e. The van der Waals surface area contributed by atoms with E-state index in [-0.39, 0.29) is 17.9 Å². The Morgan fingerprint density at radius 3 is 2.38 bits per heavy atom. The van der Waals surface area contributed by atoms with Crippen molar-refractivity contribution in [2.45, 2.75) is 39.7 Å². The minimum absolute atomic E-state index is 0. The number of amidine groups is 1. The highest BCUT2D eigenvalue weighted by atomic mass is 35.5. The van der Waals surface area contributed by atoms with E-state index in [4.69, 9.17) is 5.73 Å². The van der Waals surface area contributed by atoms with Crippen molar-refractivity contribution in [1.29, 1.82) is 0 Å². The lowest BCUT2D eigenvalue weighted by molar-refractivity contribution is 0.426. The normalized spacial score (nSPS) is 45.7. The van der Waals surface area contributed by atoms with Crippen LogP contribution < -0.4 is 5.73 Å². The SMILES string of the molecule is CC1CC(N)=N[C@@]2(C)[C@H]1C2(C)C.Cl. The molecule has 1 fully saturated rings. The molecule has 0 spiro atoms. The highest BCUT2D eigenvalue weighted by molar-refractivity contribution is 5.85. The quantitative estimate of drug-likeness (QED) is 0.643. The molecule has 0 bridgehead atoms. The topological polar surface area (TPSA) is 38.4 Å². The van der Waals surface area contributed by atoms with Gasteiger partial charge in [0.15, 0.2) is 0 Å². The molecule has 1 heterocycles. The number of aliphatic imine (C=N–C) groups is 1. The molecule has 2 N–H and O–H groups in total. The number of rotatable bonds is 0. The van der Waals surface area contributed by atoms with Crippen molar-refractivity contribution in [2.24, 2.45) is 28.0 Å². The molecule has 1 saturated carbocycles. The average Bonchev–Trinajstić information content (AvgIpc) is 2.24. The van der Waals surface area contributed by atoms with E-state index < -0.39 is 0 Å². The Balaban J connectivity index is 0.000000845. The van der Waals surface area contributed by atoms with Crippen molar-refractivity contribution in [1.82, 2.24) is 0 Å². The van der Waals surface area contributed by atoms with Crippen LogP contribution in [0.15, 0.2) is 4.99 Å². The summed E-state index contributed by atoms with van der Waals surface area (Å²) in [6.45, 7) is 9.13. The maximum atomic E-state index is 5.80. The molecule has 1 unspecified atom stereocenters. The van der Waals surface area contributed by atoms with E-state index in [1.165, 1.54) is 0 Å². The van der Waals surface area contributed by atoms with E-state index in [9.17, 15) is 0 Å². The third kappa shape index (κ3) is 1.11. The number of hydrogen-bond acceptors (Lipinski definition) is 2. The van der Waals surface area contributed by atoms with Gasteiger partial charge >= 0.3 is 0 Å². The smallest absolute Gasteiger partial charge is 0.0947 e. The fourth-order valence-electron chi connectivity index (χ4n) is 3.27. The van der Waals surface area contributed by atoms with Gasteiger partial charge in [0, 0.05) is 6.42 Å². The van der Waals surface area contributed by atoms with Crippen LogP contribution in [-0.4, -0.2) is 11.4 Å². The fraction of sp³-hybridized carbons (Fsp3) is 0.900. The summed E-state index contributed by atoms with van der Waals surface area (Å²) in [4.78, 5) is 4.59. The third-order valence-electron chi connectivity index (χ3n) is 4.08. The van der Waals surface area contributed by atoms with E-state index in [0.29, 0.717) is 11.3 Å². The first kappa shape index (κ1) is 10.8. The zero-order valence-corrected chi connectivity index (χ0v) is 9.61. The first-order valence-electron chi connectivity index (χ1n) is 4.74. The van der Waals surface area contributed by atoms with Crippen LogP contribution in [0.1, 0.15) is 34.1 Å². The number of nitrogens with two attached hydrogens (primary N) is 1. The lowest BCUT2D eigenvalue weighted by Crippen LogP contribution is -2.26. The van der Waals surface area contributed by atoms with Gasteiger partial charge < -0.3 is 5.73 Å². The molecule has 13 heavy (non-hydrogen) atoms. The van der Waals surface area contributed by atoms with Crippen molar-refractivity contribution in [3.63, 3.8) is 0 Å². The number of halogens is 1. The molecule has 0 aromatic rings. The van der Waals surface area contributed by atoms with E-state index in [1.807, 2.05) is 0 Å². The lowest BCUT2D eigenvalue weighted by Gasteiger charge is -2.19. The first-order valence-corrected chi connectivity index (χ1v) is 4.74. The first-order chi connectivity index (χ1) is 5.39. The molecule has 1 aliphatic carbocycles. The second-order valence-electron chi connectivity index (χ2n) is 5.13. The second kappa shape index (κ2) is 2.63. The van der Waals surface area contributed by atoms with Crippen LogP contribution in [0.4, 0.5) is 0 Å². The van der Waals surface area contributed by atoms with E-state index in [1.54, 1.807) is 0 Å². The van der Waals surface area contributed by atoms with Gasteiger partial charge in [-0.15, -0.1) is 12.4 Å². The summed E-state index contributed by atoms with van der Waals surface area (Å²) in [5.41, 5.74) is 6.31. The number of nitrogens with zero attached hydrogens (tertiary/aromatic N) is 1. The Bertz CT molecular complexity index is 260. The van der Waals surface area contributed by atoms with Crippen LogP contribution >= 0.6 is 12.4 Å². The largest absolute Gasteiger partial charge is 0.387 e. The van der Waals surface area contributed by atoms with Gasteiger partial charge in [0.25, 0.3) is 0 Å². The van der Waals surface area contributed by atoms with Gasteiger partial charge in [-0.3, -0.25) is 4.99 Å². The van der Waals surface area contributed by atoms with Crippen LogP contribution in [0, 0.1) is 17.3 Å². The highest BCUT2D eigenvalue weighted by Gasteiger charge is 2.71. The summed E-state index contributed by atoms with van der Waals surface area (Å²) in [6, 6.07) is 0. The molecule has 3 atom stereocenters. The van der Waals surface area contributed by atoms with Crippen LogP contribution in [0.2, 0.25) is 0 Å². The van der Waals surface area contributed by atoms with Gasteiger partial charge in [0.1, 0.15) is 0 Å². The van der Waals surface area contributed by atoms with E-state index >= 15 is 0 Å². The van der Waals surface area contributed by atoms with E-state index in [0.717, 1.165) is 18.2 Å². The monoisotopic (exact) mass is 202 g/mol. The highest BCUT2D eigenvalue weighted by Crippen LogP contribution is 2.68. The van der Waals surface area contributed by atoms with Gasteiger partial charge in [-0.05, 0) is 24.2 Å². The molecule has 2 rings (SSSR count). The molecule has 2 aliphatic rings. The number of hydrogen-bond donors (Lipinski definition) is 1. The summed E-state index contributed by atoms with van der Waals surface area (Å²) < 4.78 is 0. The minimum Gasteiger partial charge on any atom is -0.387 e. The number of fused-ring (bicyclic) bond motifs is 1. The van der Waals surface area contributed by atoms with Crippen LogP contribution in [0.3, 0.4) is 0 Å². The van der Waals surface area contributed by atoms with Gasteiger partial charge in [-0.25, -0.2) is 0 Å². The molecule has 1 aliphatic heterocycles. The van der Waals surface area contributed by atoms with Gasteiger partial charge in [0.05, 0.1) is 11.4 Å². The summed E-state index contributed by atoms with van der Waals surface area (Å²) >= 11 is 0. The van der Waals surface area contributed by atoms with Crippen molar-refractivity contribution >= 4 is 18.2 Å². The lowest BCUT2D eigenvalue weighted by atomic mass is 9.94. The van der Waals surface area contributed by atoms with Crippen molar-refractivity contribution in [3.05, 3.63) is 0 Å². The Morgan fingerprint density at radius 1 is 1.38 bits per heavy atom. The van der Waals surface area contributed by atoms with Crippen LogP contribution in [-0.2, 0) is 0 Å². The zero-order chi connectivity index (χ0) is 9.15.